The average Bonchev–Trinajstić information content (AvgIpc) is 2.65. The van der Waals surface area contributed by atoms with E-state index in [0.717, 1.165) is 24.9 Å². The van der Waals surface area contributed by atoms with Gasteiger partial charge in [0.2, 0.25) is 0 Å². The van der Waals surface area contributed by atoms with Crippen LogP contribution < -0.4 is 0 Å². The van der Waals surface area contributed by atoms with E-state index in [1.807, 2.05) is 31.2 Å². The van der Waals surface area contributed by atoms with Crippen LogP contribution in [0.4, 0.5) is 0 Å². The molecular formula is C23H31NO3. The zero-order valence-electron chi connectivity index (χ0n) is 16.5. The molecule has 0 spiro atoms. The van der Waals surface area contributed by atoms with E-state index in [9.17, 15) is 9.59 Å². The number of benzene rings is 1. The minimum Gasteiger partial charge on any atom is -0.461 e. The number of hydrogen-bond donors (Lipinski definition) is 0. The summed E-state index contributed by atoms with van der Waals surface area (Å²) in [5, 5.41) is 0. The van der Waals surface area contributed by atoms with Gasteiger partial charge in [0.25, 0.3) is 0 Å². The Morgan fingerprint density at radius 2 is 2.00 bits per heavy atom. The molecule has 0 N–H and O–H groups in total. The molecule has 1 saturated heterocycles. The number of Topliss-reactive ketones (excluding diaryl/α,β-unsaturated/α-hetero) is 1. The van der Waals surface area contributed by atoms with Crippen LogP contribution in [-0.4, -0.2) is 35.3 Å². The van der Waals surface area contributed by atoms with E-state index in [-0.39, 0.29) is 35.9 Å². The molecule has 0 amide bonds. The summed E-state index contributed by atoms with van der Waals surface area (Å²) in [4.78, 5) is 26.9. The maximum atomic E-state index is 12.8. The van der Waals surface area contributed by atoms with Crippen LogP contribution in [0.5, 0.6) is 0 Å². The molecule has 1 heterocycles. The van der Waals surface area contributed by atoms with Crippen molar-refractivity contribution in [1.82, 2.24) is 4.90 Å². The Morgan fingerprint density at radius 1 is 1.30 bits per heavy atom. The molecule has 2 rings (SSSR count). The topological polar surface area (TPSA) is 46.6 Å². The van der Waals surface area contributed by atoms with E-state index in [1.165, 1.54) is 6.92 Å². The van der Waals surface area contributed by atoms with E-state index in [2.05, 4.69) is 30.2 Å². The molecule has 1 aromatic carbocycles. The number of nitrogens with zero attached hydrogens (tertiary/aromatic N) is 1. The molecule has 146 valence electrons. The second kappa shape index (κ2) is 10.2. The number of unbranched alkanes of at least 4 members (excludes halogenated alkanes) is 1. The van der Waals surface area contributed by atoms with Gasteiger partial charge in [-0.15, -0.1) is 13.2 Å². The van der Waals surface area contributed by atoms with Crippen molar-refractivity contribution < 1.29 is 14.3 Å². The average molecular weight is 370 g/mol. The second-order valence-corrected chi connectivity index (χ2v) is 7.22. The van der Waals surface area contributed by atoms with Crippen molar-refractivity contribution in [3.05, 3.63) is 61.2 Å². The summed E-state index contributed by atoms with van der Waals surface area (Å²) in [5.41, 5.74) is 1.13. The first-order valence-corrected chi connectivity index (χ1v) is 9.72. The molecule has 4 nitrogen and oxygen atoms in total. The standard InChI is InChI=1S/C23H31NO3/c1-5-7-11-15-24-20(19-13-9-8-10-14-19)16-21(26)17(3)23(24)22(12-6-2)27-18(4)25/h5-6,8-10,13-14,17,20,22-23H,1-2,7,11-12,15-16H2,3-4H3/t17-,20+,22+,23-/m1/s1. The maximum Gasteiger partial charge on any atom is 0.302 e. The number of piperidine rings is 1. The summed E-state index contributed by atoms with van der Waals surface area (Å²) < 4.78 is 5.65. The number of carbonyl (C=O) groups excluding carboxylic acids is 2. The van der Waals surface area contributed by atoms with Gasteiger partial charge in [-0.25, -0.2) is 0 Å². The summed E-state index contributed by atoms with van der Waals surface area (Å²) in [6.07, 6.45) is 6.17. The Morgan fingerprint density at radius 3 is 2.59 bits per heavy atom. The van der Waals surface area contributed by atoms with Gasteiger partial charge in [0.15, 0.2) is 0 Å². The minimum atomic E-state index is -0.380. The van der Waals surface area contributed by atoms with Crippen LogP contribution in [0.3, 0.4) is 0 Å². The third-order valence-corrected chi connectivity index (χ3v) is 5.30. The van der Waals surface area contributed by atoms with Crippen LogP contribution in [0, 0.1) is 5.92 Å². The van der Waals surface area contributed by atoms with Crippen molar-refractivity contribution >= 4 is 11.8 Å². The van der Waals surface area contributed by atoms with E-state index in [0.29, 0.717) is 12.8 Å². The molecule has 0 radical (unpaired) electrons. The fraction of sp³-hybridized carbons (Fsp3) is 0.478. The lowest BCUT2D eigenvalue weighted by atomic mass is 9.79. The summed E-state index contributed by atoms with van der Waals surface area (Å²) in [7, 11) is 0. The van der Waals surface area contributed by atoms with E-state index in [1.54, 1.807) is 6.08 Å². The zero-order valence-corrected chi connectivity index (χ0v) is 16.5. The van der Waals surface area contributed by atoms with Gasteiger partial charge in [0, 0.05) is 31.7 Å². The number of likely N-dealkylation sites (tertiary alicyclic amines) is 1. The lowest BCUT2D eigenvalue weighted by Crippen LogP contribution is -2.56. The monoisotopic (exact) mass is 369 g/mol. The maximum absolute atomic E-state index is 12.8. The van der Waals surface area contributed by atoms with Crippen LogP contribution in [0.1, 0.15) is 51.1 Å². The molecule has 1 aromatic rings. The van der Waals surface area contributed by atoms with E-state index < -0.39 is 0 Å². The van der Waals surface area contributed by atoms with Crippen LogP contribution in [0.15, 0.2) is 55.6 Å². The number of carbonyl (C=O) groups is 2. The van der Waals surface area contributed by atoms with Crippen molar-refractivity contribution in [3.8, 4) is 0 Å². The Balaban J connectivity index is 2.42. The van der Waals surface area contributed by atoms with Crippen molar-refractivity contribution in [2.75, 3.05) is 6.54 Å². The number of rotatable bonds is 9. The highest BCUT2D eigenvalue weighted by molar-refractivity contribution is 5.83. The number of esters is 1. The predicted molar refractivity (Wildman–Crippen MR) is 108 cm³/mol. The molecule has 4 heteroatoms. The van der Waals surface area contributed by atoms with Gasteiger partial charge in [-0.2, -0.15) is 0 Å². The number of hydrogen-bond acceptors (Lipinski definition) is 4. The first-order chi connectivity index (χ1) is 13.0. The van der Waals surface area contributed by atoms with Gasteiger partial charge in [0.05, 0.1) is 6.04 Å². The lowest BCUT2D eigenvalue weighted by Gasteiger charge is -2.47. The van der Waals surface area contributed by atoms with Crippen molar-refractivity contribution in [3.63, 3.8) is 0 Å². The molecule has 0 unspecified atom stereocenters. The van der Waals surface area contributed by atoms with Crippen LogP contribution >= 0.6 is 0 Å². The van der Waals surface area contributed by atoms with E-state index >= 15 is 0 Å². The van der Waals surface area contributed by atoms with Gasteiger partial charge in [-0.1, -0.05) is 49.4 Å². The van der Waals surface area contributed by atoms with E-state index in [4.69, 9.17) is 4.74 Å². The van der Waals surface area contributed by atoms with Crippen molar-refractivity contribution in [1.29, 1.82) is 0 Å². The molecule has 1 aliphatic rings. The van der Waals surface area contributed by atoms with Crippen molar-refractivity contribution in [2.24, 2.45) is 5.92 Å². The highest BCUT2D eigenvalue weighted by Gasteiger charge is 2.44. The Bertz CT molecular complexity index is 655. The molecule has 1 aliphatic heterocycles. The minimum absolute atomic E-state index is 0.00686. The number of allylic oxidation sites excluding steroid dienone is 1. The molecular weight excluding hydrogens is 338 g/mol. The Hall–Kier alpha value is -2.20. The summed E-state index contributed by atoms with van der Waals surface area (Å²) in [6, 6.07) is 9.95. The van der Waals surface area contributed by atoms with Crippen LogP contribution in [0.2, 0.25) is 0 Å². The highest BCUT2D eigenvalue weighted by Crippen LogP contribution is 2.38. The first kappa shape index (κ1) is 21.1. The third kappa shape index (κ3) is 5.39. The molecule has 0 bridgehead atoms. The first-order valence-electron chi connectivity index (χ1n) is 9.72. The number of ketones is 1. The quantitative estimate of drug-likeness (QED) is 0.366. The van der Waals surface area contributed by atoms with Crippen LogP contribution in [0.25, 0.3) is 0 Å². The highest BCUT2D eigenvalue weighted by atomic mass is 16.5. The van der Waals surface area contributed by atoms with Crippen molar-refractivity contribution in [2.45, 2.75) is 57.7 Å². The SMILES string of the molecule is C=CCCCN1[C@@H]([C@H](CC=C)OC(C)=O)[C@H](C)C(=O)C[C@H]1c1ccccc1. The summed E-state index contributed by atoms with van der Waals surface area (Å²) >= 11 is 0. The third-order valence-electron chi connectivity index (χ3n) is 5.30. The largest absolute Gasteiger partial charge is 0.461 e. The smallest absolute Gasteiger partial charge is 0.302 e. The van der Waals surface area contributed by atoms with Gasteiger partial charge < -0.3 is 4.74 Å². The molecule has 0 aliphatic carbocycles. The fourth-order valence-electron chi connectivity index (χ4n) is 4.06. The second-order valence-electron chi connectivity index (χ2n) is 7.22. The molecule has 1 fully saturated rings. The molecule has 0 saturated carbocycles. The van der Waals surface area contributed by atoms with Gasteiger partial charge >= 0.3 is 5.97 Å². The normalized spacial score (nSPS) is 24.2. The number of ether oxygens (including phenoxy) is 1. The van der Waals surface area contributed by atoms with Gasteiger partial charge in [-0.05, 0) is 24.9 Å². The predicted octanol–water partition coefficient (Wildman–Crippen LogP) is 4.48. The zero-order chi connectivity index (χ0) is 19.8. The Labute approximate surface area is 162 Å². The van der Waals surface area contributed by atoms with Crippen LogP contribution in [-0.2, 0) is 14.3 Å². The fourth-order valence-corrected chi connectivity index (χ4v) is 4.06. The van der Waals surface area contributed by atoms with Gasteiger partial charge in [0.1, 0.15) is 11.9 Å². The molecule has 27 heavy (non-hydrogen) atoms. The molecule has 0 aromatic heterocycles. The lowest BCUT2D eigenvalue weighted by molar-refractivity contribution is -0.157. The summed E-state index contributed by atoms with van der Waals surface area (Å²) in [6.45, 7) is 11.8. The summed E-state index contributed by atoms with van der Waals surface area (Å²) in [5.74, 6) is -0.303. The van der Waals surface area contributed by atoms with Gasteiger partial charge in [-0.3, -0.25) is 14.5 Å². The molecule has 4 atom stereocenters. The Kier molecular flexibility index (Phi) is 7.99.